The second kappa shape index (κ2) is 7.66. The fraction of sp³-hybridized carbons (Fsp3) is 0.200. The third-order valence-electron chi connectivity index (χ3n) is 3.91. The highest BCUT2D eigenvalue weighted by molar-refractivity contribution is 6.07. The van der Waals surface area contributed by atoms with Crippen LogP contribution in [0.3, 0.4) is 0 Å². The van der Waals surface area contributed by atoms with Gasteiger partial charge in [0.25, 0.3) is 5.91 Å². The Balaban J connectivity index is 1.90. The number of hydrogen-bond acceptors (Lipinski definition) is 3. The van der Waals surface area contributed by atoms with Crippen molar-refractivity contribution in [2.45, 2.75) is 13.5 Å². The molecular formula is C20H20N2O3. The number of amides is 1. The number of carbonyl (C=O) groups is 2. The molecule has 0 bridgehead atoms. The zero-order valence-electron chi connectivity index (χ0n) is 14.1. The smallest absolute Gasteiger partial charge is 0.325 e. The topological polar surface area (TPSA) is 60.3 Å². The summed E-state index contributed by atoms with van der Waals surface area (Å²) in [5, 5.41) is 4.50. The van der Waals surface area contributed by atoms with Crippen molar-refractivity contribution >= 4 is 22.6 Å². The Morgan fingerprint density at radius 3 is 2.52 bits per heavy atom. The van der Waals surface area contributed by atoms with Crippen LogP contribution in [0.2, 0.25) is 0 Å². The van der Waals surface area contributed by atoms with Crippen LogP contribution in [0.4, 0.5) is 0 Å². The minimum atomic E-state index is -0.443. The van der Waals surface area contributed by atoms with E-state index in [1.54, 1.807) is 6.92 Å². The molecule has 1 aromatic heterocycles. The van der Waals surface area contributed by atoms with Gasteiger partial charge in [-0.1, -0.05) is 54.6 Å². The van der Waals surface area contributed by atoms with Gasteiger partial charge in [0.15, 0.2) is 0 Å². The van der Waals surface area contributed by atoms with E-state index >= 15 is 0 Å². The molecule has 1 heterocycles. The first-order valence-corrected chi connectivity index (χ1v) is 8.24. The fourth-order valence-corrected chi connectivity index (χ4v) is 2.82. The van der Waals surface area contributed by atoms with Gasteiger partial charge >= 0.3 is 5.97 Å². The molecule has 0 spiro atoms. The van der Waals surface area contributed by atoms with Crippen LogP contribution in [-0.2, 0) is 16.1 Å². The molecule has 0 aliphatic carbocycles. The first-order valence-electron chi connectivity index (χ1n) is 8.24. The molecule has 0 saturated heterocycles. The Morgan fingerprint density at radius 2 is 1.76 bits per heavy atom. The minimum absolute atomic E-state index is 0.141. The van der Waals surface area contributed by atoms with E-state index in [0.29, 0.717) is 18.8 Å². The summed E-state index contributed by atoms with van der Waals surface area (Å²) in [6.07, 6.45) is 1.96. The molecule has 1 amide bonds. The number of carbonyl (C=O) groups excluding carboxylic acids is 2. The Kier molecular flexibility index (Phi) is 5.14. The van der Waals surface area contributed by atoms with E-state index in [-0.39, 0.29) is 12.5 Å². The Labute approximate surface area is 146 Å². The van der Waals surface area contributed by atoms with Gasteiger partial charge in [-0.05, 0) is 12.5 Å². The van der Waals surface area contributed by atoms with Crippen LogP contribution < -0.4 is 5.32 Å². The molecule has 3 aromatic rings. The summed E-state index contributed by atoms with van der Waals surface area (Å²) in [6, 6.07) is 17.7. The van der Waals surface area contributed by atoms with Crippen molar-refractivity contribution in [3.8, 4) is 0 Å². The van der Waals surface area contributed by atoms with Crippen LogP contribution >= 0.6 is 0 Å². The lowest BCUT2D eigenvalue weighted by atomic mass is 10.2. The number of aromatic nitrogens is 1. The Bertz CT molecular complexity index is 884. The average Bonchev–Trinajstić information content (AvgIpc) is 2.98. The van der Waals surface area contributed by atoms with Gasteiger partial charge < -0.3 is 14.6 Å². The van der Waals surface area contributed by atoms with Crippen LogP contribution in [0.15, 0.2) is 60.8 Å². The molecule has 0 saturated carbocycles. The number of ether oxygens (including phenoxy) is 1. The van der Waals surface area contributed by atoms with Crippen molar-refractivity contribution in [1.29, 1.82) is 0 Å². The molecule has 0 fully saturated rings. The van der Waals surface area contributed by atoms with Crippen LogP contribution in [0.5, 0.6) is 0 Å². The van der Waals surface area contributed by atoms with Crippen molar-refractivity contribution in [2.24, 2.45) is 0 Å². The van der Waals surface area contributed by atoms with Gasteiger partial charge in [0, 0.05) is 23.5 Å². The van der Waals surface area contributed by atoms with Crippen molar-refractivity contribution in [1.82, 2.24) is 9.88 Å². The van der Waals surface area contributed by atoms with Crippen LogP contribution in [0.1, 0.15) is 23.0 Å². The lowest BCUT2D eigenvalue weighted by Crippen LogP contribution is -2.32. The molecule has 0 unspecified atom stereocenters. The first kappa shape index (κ1) is 16.8. The van der Waals surface area contributed by atoms with Crippen LogP contribution in [0, 0.1) is 0 Å². The number of nitrogens with one attached hydrogen (secondary N) is 1. The Hall–Kier alpha value is -3.08. The second-order valence-corrected chi connectivity index (χ2v) is 5.67. The molecule has 5 heteroatoms. The van der Waals surface area contributed by atoms with E-state index in [0.717, 1.165) is 16.3 Å². The molecule has 5 nitrogen and oxygen atoms in total. The molecular weight excluding hydrogens is 316 g/mol. The maximum Gasteiger partial charge on any atom is 0.325 e. The lowest BCUT2D eigenvalue weighted by Gasteiger charge is -2.10. The number of hydrogen-bond donors (Lipinski definition) is 1. The summed E-state index contributed by atoms with van der Waals surface area (Å²) in [4.78, 5) is 24.2. The monoisotopic (exact) mass is 336 g/mol. The molecule has 25 heavy (non-hydrogen) atoms. The van der Waals surface area contributed by atoms with Gasteiger partial charge in [-0.15, -0.1) is 0 Å². The number of benzene rings is 2. The van der Waals surface area contributed by atoms with Crippen molar-refractivity contribution in [2.75, 3.05) is 13.2 Å². The summed E-state index contributed by atoms with van der Waals surface area (Å²) in [5.74, 6) is -0.730. The number of esters is 1. The summed E-state index contributed by atoms with van der Waals surface area (Å²) in [7, 11) is 0. The first-order chi connectivity index (χ1) is 12.2. The maximum atomic E-state index is 12.7. The highest BCUT2D eigenvalue weighted by atomic mass is 16.5. The predicted octanol–water partition coefficient (Wildman–Crippen LogP) is 2.98. The van der Waals surface area contributed by atoms with Gasteiger partial charge in [-0.25, -0.2) is 0 Å². The van der Waals surface area contributed by atoms with Crippen molar-refractivity contribution < 1.29 is 14.3 Å². The van der Waals surface area contributed by atoms with Gasteiger partial charge in [0.1, 0.15) is 12.2 Å². The average molecular weight is 336 g/mol. The molecule has 0 aliphatic rings. The number of rotatable bonds is 6. The third-order valence-corrected chi connectivity index (χ3v) is 3.91. The van der Waals surface area contributed by atoms with E-state index in [9.17, 15) is 9.59 Å². The summed E-state index contributed by atoms with van der Waals surface area (Å²) in [5.41, 5.74) is 1.64. The van der Waals surface area contributed by atoms with E-state index in [1.165, 1.54) is 0 Å². The predicted molar refractivity (Wildman–Crippen MR) is 96.4 cm³/mol. The standard InChI is InChI=1S/C20H20N2O3/c1-2-25-18(23)12-21-20(24)19-17-11-7-6-10-16(17)14-22(19)13-15-8-4-3-5-9-15/h3-11,14H,2,12-13H2,1H3,(H,21,24). The molecule has 128 valence electrons. The van der Waals surface area contributed by atoms with Crippen molar-refractivity contribution in [3.05, 3.63) is 72.1 Å². The maximum absolute atomic E-state index is 12.7. The highest BCUT2D eigenvalue weighted by Crippen LogP contribution is 2.22. The lowest BCUT2D eigenvalue weighted by molar-refractivity contribution is -0.141. The molecule has 2 aromatic carbocycles. The molecule has 0 radical (unpaired) electrons. The van der Waals surface area contributed by atoms with E-state index in [1.807, 2.05) is 65.4 Å². The molecule has 3 rings (SSSR count). The zero-order chi connectivity index (χ0) is 17.6. The third kappa shape index (κ3) is 3.88. The van der Waals surface area contributed by atoms with Gasteiger partial charge in [0.05, 0.1) is 6.61 Å². The van der Waals surface area contributed by atoms with Crippen LogP contribution in [-0.4, -0.2) is 29.6 Å². The van der Waals surface area contributed by atoms with Gasteiger partial charge in [0.2, 0.25) is 0 Å². The van der Waals surface area contributed by atoms with Crippen LogP contribution in [0.25, 0.3) is 10.8 Å². The largest absolute Gasteiger partial charge is 0.465 e. The van der Waals surface area contributed by atoms with Gasteiger partial charge in [-0.3, -0.25) is 9.59 Å². The number of nitrogens with zero attached hydrogens (tertiary/aromatic N) is 1. The Morgan fingerprint density at radius 1 is 1.04 bits per heavy atom. The quantitative estimate of drug-likeness (QED) is 0.704. The normalized spacial score (nSPS) is 10.6. The van der Waals surface area contributed by atoms with Crippen molar-refractivity contribution in [3.63, 3.8) is 0 Å². The molecule has 1 N–H and O–H groups in total. The minimum Gasteiger partial charge on any atom is -0.465 e. The van der Waals surface area contributed by atoms with E-state index in [4.69, 9.17) is 4.74 Å². The van der Waals surface area contributed by atoms with E-state index in [2.05, 4.69) is 5.32 Å². The summed E-state index contributed by atoms with van der Waals surface area (Å²) < 4.78 is 6.78. The zero-order valence-corrected chi connectivity index (χ0v) is 14.1. The fourth-order valence-electron chi connectivity index (χ4n) is 2.82. The number of fused-ring (bicyclic) bond motifs is 1. The second-order valence-electron chi connectivity index (χ2n) is 5.67. The van der Waals surface area contributed by atoms with E-state index < -0.39 is 5.97 Å². The molecule has 0 atom stereocenters. The summed E-state index contributed by atoms with van der Waals surface area (Å²) >= 11 is 0. The summed E-state index contributed by atoms with van der Waals surface area (Å²) in [6.45, 7) is 2.47. The molecule has 0 aliphatic heterocycles. The SMILES string of the molecule is CCOC(=O)CNC(=O)c1c2ccccc2cn1Cc1ccccc1. The van der Waals surface area contributed by atoms with Gasteiger partial charge in [-0.2, -0.15) is 0 Å². The highest BCUT2D eigenvalue weighted by Gasteiger charge is 2.17.